The van der Waals surface area contributed by atoms with Crippen molar-refractivity contribution in [3.63, 3.8) is 0 Å². The molecule has 0 aliphatic carbocycles. The Hall–Kier alpha value is -3.31. The third kappa shape index (κ3) is 5.19. The zero-order valence-corrected chi connectivity index (χ0v) is 17.4. The van der Waals surface area contributed by atoms with E-state index in [4.69, 9.17) is 0 Å². The smallest absolute Gasteiger partial charge is 0.251 e. The molecule has 0 bridgehead atoms. The number of carbonyl (C=O) groups excluding carboxylic acids is 1. The van der Waals surface area contributed by atoms with Crippen LogP contribution in [0.15, 0.2) is 102 Å². The Balaban J connectivity index is 1.39. The summed E-state index contributed by atoms with van der Waals surface area (Å²) in [6, 6.07) is 28.2. The fourth-order valence-corrected chi connectivity index (χ4v) is 4.04. The molecule has 1 aromatic heterocycles. The van der Waals surface area contributed by atoms with Crippen molar-refractivity contribution in [2.75, 3.05) is 12.3 Å². The lowest BCUT2D eigenvalue weighted by molar-refractivity contribution is 0.0957. The lowest BCUT2D eigenvalue weighted by Crippen LogP contribution is -2.26. The fraction of sp³-hybridized carbons (Fsp3) is 0.120. The topological polar surface area (TPSA) is 46.9 Å². The van der Waals surface area contributed by atoms with Gasteiger partial charge in [-0.2, -0.15) is 5.10 Å². The number of nitrogens with one attached hydrogen (secondary N) is 1. The summed E-state index contributed by atoms with van der Waals surface area (Å²) in [5.74, 6) is 0.792. The molecule has 1 N–H and O–H groups in total. The second-order valence-electron chi connectivity index (χ2n) is 6.86. The molecule has 0 aliphatic heterocycles. The van der Waals surface area contributed by atoms with Crippen LogP contribution in [0, 0.1) is 0 Å². The third-order valence-corrected chi connectivity index (χ3v) is 5.75. The second kappa shape index (κ2) is 9.94. The van der Waals surface area contributed by atoms with Crippen LogP contribution in [0.2, 0.25) is 0 Å². The van der Waals surface area contributed by atoms with Crippen molar-refractivity contribution >= 4 is 17.7 Å². The summed E-state index contributed by atoms with van der Waals surface area (Å²) in [5.41, 5.74) is 3.84. The minimum Gasteiger partial charge on any atom is -0.351 e. The highest BCUT2D eigenvalue weighted by Crippen LogP contribution is 2.24. The van der Waals surface area contributed by atoms with Crippen LogP contribution in [-0.4, -0.2) is 28.0 Å². The van der Waals surface area contributed by atoms with Gasteiger partial charge in [0.25, 0.3) is 5.91 Å². The number of hydrogen-bond acceptors (Lipinski definition) is 3. The van der Waals surface area contributed by atoms with Gasteiger partial charge in [0.05, 0.1) is 6.54 Å². The highest BCUT2D eigenvalue weighted by atomic mass is 32.2. The fourth-order valence-electron chi connectivity index (χ4n) is 3.25. The van der Waals surface area contributed by atoms with Crippen LogP contribution >= 0.6 is 11.8 Å². The maximum atomic E-state index is 12.8. The average Bonchev–Trinajstić information content (AvgIpc) is 3.31. The number of rotatable bonds is 8. The predicted octanol–water partition coefficient (Wildman–Crippen LogP) is 5.12. The number of benzene rings is 3. The molecule has 0 spiro atoms. The van der Waals surface area contributed by atoms with Gasteiger partial charge in [-0.15, -0.1) is 11.8 Å². The van der Waals surface area contributed by atoms with Gasteiger partial charge in [0.2, 0.25) is 0 Å². The van der Waals surface area contributed by atoms with Crippen LogP contribution in [-0.2, 0) is 6.54 Å². The quantitative estimate of drug-likeness (QED) is 0.322. The van der Waals surface area contributed by atoms with Gasteiger partial charge >= 0.3 is 0 Å². The van der Waals surface area contributed by atoms with Gasteiger partial charge in [0.15, 0.2) is 0 Å². The zero-order chi connectivity index (χ0) is 20.6. The van der Waals surface area contributed by atoms with E-state index in [0.717, 1.165) is 23.4 Å². The molecule has 4 rings (SSSR count). The van der Waals surface area contributed by atoms with Crippen molar-refractivity contribution in [3.05, 3.63) is 108 Å². The highest BCUT2D eigenvalue weighted by molar-refractivity contribution is 7.99. The molecule has 3 aromatic carbocycles. The third-order valence-electron chi connectivity index (χ3n) is 4.74. The van der Waals surface area contributed by atoms with E-state index < -0.39 is 0 Å². The minimum absolute atomic E-state index is 0.0418. The Labute approximate surface area is 181 Å². The molecule has 4 aromatic rings. The Bertz CT molecular complexity index is 1080. The van der Waals surface area contributed by atoms with E-state index in [9.17, 15) is 4.79 Å². The van der Waals surface area contributed by atoms with Crippen LogP contribution in [0.25, 0.3) is 11.1 Å². The second-order valence-corrected chi connectivity index (χ2v) is 8.03. The van der Waals surface area contributed by atoms with Gasteiger partial charge < -0.3 is 5.32 Å². The molecule has 0 unspecified atom stereocenters. The number of hydrogen-bond donors (Lipinski definition) is 1. The van der Waals surface area contributed by atoms with Crippen LogP contribution < -0.4 is 5.32 Å². The van der Waals surface area contributed by atoms with Gasteiger partial charge in [0.1, 0.15) is 0 Å². The first-order valence-corrected chi connectivity index (χ1v) is 10.9. The van der Waals surface area contributed by atoms with Crippen LogP contribution in [0.3, 0.4) is 0 Å². The van der Waals surface area contributed by atoms with E-state index in [0.29, 0.717) is 12.1 Å². The lowest BCUT2D eigenvalue weighted by atomic mass is 9.98. The molecule has 0 fully saturated rings. The summed E-state index contributed by atoms with van der Waals surface area (Å²) in [6.45, 7) is 1.35. The van der Waals surface area contributed by atoms with E-state index in [1.165, 1.54) is 10.5 Å². The van der Waals surface area contributed by atoms with Crippen molar-refractivity contribution in [2.45, 2.75) is 11.4 Å². The van der Waals surface area contributed by atoms with Crippen molar-refractivity contribution in [2.24, 2.45) is 0 Å². The summed E-state index contributed by atoms with van der Waals surface area (Å²) in [4.78, 5) is 14.0. The molecular formula is C25H23N3OS. The van der Waals surface area contributed by atoms with E-state index in [1.807, 2.05) is 59.4 Å². The number of amides is 1. The van der Waals surface area contributed by atoms with E-state index >= 15 is 0 Å². The number of carbonyl (C=O) groups is 1. The van der Waals surface area contributed by atoms with Gasteiger partial charge in [0, 0.05) is 35.2 Å². The SMILES string of the molecule is O=C(NCCSc1ccccc1)c1ccccc1-c1ccc(Cn2cccn2)cc1. The average molecular weight is 414 g/mol. The molecule has 150 valence electrons. The first kappa shape index (κ1) is 20.0. The molecule has 0 saturated heterocycles. The number of aromatic nitrogens is 2. The van der Waals surface area contributed by atoms with Crippen molar-refractivity contribution in [1.29, 1.82) is 0 Å². The largest absolute Gasteiger partial charge is 0.351 e. The molecule has 0 aliphatic rings. The summed E-state index contributed by atoms with van der Waals surface area (Å²) in [6.07, 6.45) is 3.73. The summed E-state index contributed by atoms with van der Waals surface area (Å²) in [7, 11) is 0. The Kier molecular flexibility index (Phi) is 6.62. The Morgan fingerprint density at radius 3 is 2.43 bits per heavy atom. The molecule has 4 nitrogen and oxygen atoms in total. The Morgan fingerprint density at radius 1 is 0.900 bits per heavy atom. The maximum Gasteiger partial charge on any atom is 0.251 e. The van der Waals surface area contributed by atoms with Gasteiger partial charge in [-0.3, -0.25) is 9.48 Å². The van der Waals surface area contributed by atoms with Gasteiger partial charge in [-0.25, -0.2) is 0 Å². The van der Waals surface area contributed by atoms with Crippen molar-refractivity contribution in [3.8, 4) is 11.1 Å². The van der Waals surface area contributed by atoms with Crippen molar-refractivity contribution < 1.29 is 4.79 Å². The predicted molar refractivity (Wildman–Crippen MR) is 123 cm³/mol. The normalized spacial score (nSPS) is 10.7. The van der Waals surface area contributed by atoms with Crippen LogP contribution in [0.5, 0.6) is 0 Å². The first-order valence-electron chi connectivity index (χ1n) is 9.91. The van der Waals surface area contributed by atoms with Crippen LogP contribution in [0.1, 0.15) is 15.9 Å². The van der Waals surface area contributed by atoms with Gasteiger partial charge in [-0.1, -0.05) is 60.7 Å². The highest BCUT2D eigenvalue weighted by Gasteiger charge is 2.12. The molecule has 1 heterocycles. The van der Waals surface area contributed by atoms with Crippen molar-refractivity contribution in [1.82, 2.24) is 15.1 Å². The summed E-state index contributed by atoms with van der Waals surface area (Å²) >= 11 is 1.74. The molecule has 0 saturated carbocycles. The van der Waals surface area contributed by atoms with E-state index in [2.05, 4.69) is 46.8 Å². The standard InChI is InChI=1S/C25H23N3OS/c29-25(26-16-18-30-22-7-2-1-3-8-22)24-10-5-4-9-23(24)21-13-11-20(12-14-21)19-28-17-6-15-27-28/h1-15,17H,16,18-19H2,(H,26,29). The van der Waals surface area contributed by atoms with E-state index in [-0.39, 0.29) is 5.91 Å². The summed E-state index contributed by atoms with van der Waals surface area (Å²) < 4.78 is 1.89. The van der Waals surface area contributed by atoms with Gasteiger partial charge in [-0.05, 0) is 41.0 Å². The molecule has 1 amide bonds. The van der Waals surface area contributed by atoms with Crippen LogP contribution in [0.4, 0.5) is 0 Å². The van der Waals surface area contributed by atoms with E-state index in [1.54, 1.807) is 18.0 Å². The monoisotopic (exact) mass is 413 g/mol. The summed E-state index contributed by atoms with van der Waals surface area (Å²) in [5, 5.41) is 7.30. The molecule has 0 radical (unpaired) electrons. The molecular weight excluding hydrogens is 390 g/mol. The zero-order valence-electron chi connectivity index (χ0n) is 16.6. The Morgan fingerprint density at radius 2 is 1.67 bits per heavy atom. The minimum atomic E-state index is -0.0418. The molecule has 5 heteroatoms. The first-order chi connectivity index (χ1) is 14.8. The number of nitrogens with zero attached hydrogens (tertiary/aromatic N) is 2. The maximum absolute atomic E-state index is 12.8. The molecule has 0 atom stereocenters. The lowest BCUT2D eigenvalue weighted by Gasteiger charge is -2.11. The number of thioether (sulfide) groups is 1. The molecule has 30 heavy (non-hydrogen) atoms.